The third-order valence-corrected chi connectivity index (χ3v) is 5.16. The zero-order valence-corrected chi connectivity index (χ0v) is 15.9. The van der Waals surface area contributed by atoms with Crippen LogP contribution in [0.1, 0.15) is 35.2 Å². The Hall–Kier alpha value is -2.86. The van der Waals surface area contributed by atoms with E-state index in [1.165, 1.54) is 6.07 Å². The summed E-state index contributed by atoms with van der Waals surface area (Å²) in [5.74, 6) is -0.689. The second kappa shape index (κ2) is 7.28. The Kier molecular flexibility index (Phi) is 4.81. The van der Waals surface area contributed by atoms with Gasteiger partial charge in [-0.15, -0.1) is 0 Å². The van der Waals surface area contributed by atoms with E-state index in [2.05, 4.69) is 5.32 Å². The average molecular weight is 400 g/mol. The molecule has 144 valence electrons. The van der Waals surface area contributed by atoms with Crippen LogP contribution in [0, 0.1) is 5.92 Å². The van der Waals surface area contributed by atoms with Gasteiger partial charge < -0.3 is 14.8 Å². The van der Waals surface area contributed by atoms with Gasteiger partial charge in [-0.2, -0.15) is 0 Å². The summed E-state index contributed by atoms with van der Waals surface area (Å²) < 4.78 is 10.7. The molecule has 4 rings (SSSR count). The van der Waals surface area contributed by atoms with Gasteiger partial charge in [-0.3, -0.25) is 14.4 Å². The second-order valence-corrected chi connectivity index (χ2v) is 7.43. The van der Waals surface area contributed by atoms with Crippen molar-refractivity contribution in [3.05, 3.63) is 58.6 Å². The number of ketones is 1. The number of benzene rings is 2. The van der Waals surface area contributed by atoms with E-state index in [0.29, 0.717) is 28.4 Å². The van der Waals surface area contributed by atoms with Crippen LogP contribution in [-0.4, -0.2) is 30.4 Å². The van der Waals surface area contributed by atoms with Gasteiger partial charge in [0.25, 0.3) is 5.91 Å². The van der Waals surface area contributed by atoms with E-state index in [1.54, 1.807) is 25.1 Å². The molecule has 1 heterocycles. The lowest BCUT2D eigenvalue weighted by molar-refractivity contribution is -0.148. The molecule has 1 N–H and O–H groups in total. The molecule has 2 aromatic carbocycles. The first-order chi connectivity index (χ1) is 13.4. The van der Waals surface area contributed by atoms with E-state index in [0.717, 1.165) is 5.56 Å². The van der Waals surface area contributed by atoms with Gasteiger partial charge in [0.2, 0.25) is 5.78 Å². The zero-order valence-electron chi connectivity index (χ0n) is 15.1. The molecule has 0 radical (unpaired) electrons. The molecule has 2 aromatic rings. The van der Waals surface area contributed by atoms with Crippen LogP contribution in [0.25, 0.3) is 0 Å². The van der Waals surface area contributed by atoms with Gasteiger partial charge in [0.15, 0.2) is 12.7 Å². The number of hydrogen-bond donors (Lipinski definition) is 1. The number of hydrogen-bond acceptors (Lipinski definition) is 5. The molecular formula is C21H18ClNO5. The predicted molar refractivity (Wildman–Crippen MR) is 103 cm³/mol. The molecule has 3 atom stereocenters. The summed E-state index contributed by atoms with van der Waals surface area (Å²) in [4.78, 5) is 36.5. The molecule has 7 heteroatoms. The van der Waals surface area contributed by atoms with Crippen molar-refractivity contribution in [1.82, 2.24) is 0 Å². The molecule has 2 aliphatic rings. The molecule has 1 aliphatic carbocycles. The summed E-state index contributed by atoms with van der Waals surface area (Å²) in [6.07, 6.45) is -0.242. The summed E-state index contributed by atoms with van der Waals surface area (Å²) in [7, 11) is 0. The Bertz CT molecular complexity index is 973. The van der Waals surface area contributed by atoms with Crippen LogP contribution in [-0.2, 0) is 14.3 Å². The molecule has 6 nitrogen and oxygen atoms in total. The summed E-state index contributed by atoms with van der Waals surface area (Å²) in [6.45, 7) is 1.50. The van der Waals surface area contributed by atoms with Crippen molar-refractivity contribution in [2.75, 3.05) is 11.9 Å². The molecule has 0 saturated heterocycles. The van der Waals surface area contributed by atoms with Gasteiger partial charge in [0.1, 0.15) is 5.75 Å². The highest BCUT2D eigenvalue weighted by molar-refractivity contribution is 6.30. The van der Waals surface area contributed by atoms with E-state index >= 15 is 0 Å². The number of Topliss-reactive ketones (excluding diaryl/α,β-unsaturated/α-hetero) is 1. The minimum atomic E-state index is -0.925. The Morgan fingerprint density at radius 3 is 2.86 bits per heavy atom. The van der Waals surface area contributed by atoms with Gasteiger partial charge in [-0.1, -0.05) is 23.7 Å². The van der Waals surface area contributed by atoms with Crippen molar-refractivity contribution < 1.29 is 23.9 Å². The van der Waals surface area contributed by atoms with Crippen LogP contribution >= 0.6 is 11.6 Å². The lowest BCUT2D eigenvalue weighted by Crippen LogP contribution is -2.27. The number of esters is 1. The normalized spacial score (nSPS) is 21.0. The Morgan fingerprint density at radius 1 is 1.25 bits per heavy atom. The molecular weight excluding hydrogens is 382 g/mol. The van der Waals surface area contributed by atoms with E-state index in [9.17, 15) is 14.4 Å². The number of carbonyl (C=O) groups is 3. The first-order valence-electron chi connectivity index (χ1n) is 8.99. The van der Waals surface area contributed by atoms with E-state index in [1.807, 2.05) is 18.2 Å². The molecule has 1 saturated carbocycles. The number of anilines is 1. The molecule has 1 fully saturated rings. The summed E-state index contributed by atoms with van der Waals surface area (Å²) in [5.41, 5.74) is 1.77. The first-order valence-corrected chi connectivity index (χ1v) is 9.37. The second-order valence-electron chi connectivity index (χ2n) is 6.99. The van der Waals surface area contributed by atoms with Crippen LogP contribution in [0.3, 0.4) is 0 Å². The van der Waals surface area contributed by atoms with Crippen LogP contribution in [0.4, 0.5) is 5.69 Å². The molecule has 1 aliphatic heterocycles. The topological polar surface area (TPSA) is 81.7 Å². The third kappa shape index (κ3) is 3.73. The zero-order chi connectivity index (χ0) is 19.8. The maximum absolute atomic E-state index is 12.6. The fourth-order valence-corrected chi connectivity index (χ4v) is 3.55. The first kappa shape index (κ1) is 18.5. The van der Waals surface area contributed by atoms with Crippen molar-refractivity contribution >= 4 is 34.9 Å². The van der Waals surface area contributed by atoms with Crippen molar-refractivity contribution in [2.24, 2.45) is 5.92 Å². The molecule has 0 unspecified atom stereocenters. The molecule has 0 bridgehead atoms. The Morgan fingerprint density at radius 2 is 2.07 bits per heavy atom. The summed E-state index contributed by atoms with van der Waals surface area (Å²) in [6, 6.07) is 12.2. The third-order valence-electron chi connectivity index (χ3n) is 4.93. The smallest absolute Gasteiger partial charge is 0.310 e. The van der Waals surface area contributed by atoms with Gasteiger partial charge in [0, 0.05) is 10.6 Å². The number of ether oxygens (including phenoxy) is 2. The molecule has 0 aromatic heterocycles. The number of halogens is 1. The maximum Gasteiger partial charge on any atom is 0.310 e. The highest BCUT2D eigenvalue weighted by Crippen LogP contribution is 2.48. The predicted octanol–water partition coefficient (Wildman–Crippen LogP) is 3.59. The Labute approximate surface area is 166 Å². The number of fused-ring (bicyclic) bond motifs is 1. The van der Waals surface area contributed by atoms with Crippen LogP contribution in [0.2, 0.25) is 5.02 Å². The van der Waals surface area contributed by atoms with E-state index in [4.69, 9.17) is 21.1 Å². The quantitative estimate of drug-likeness (QED) is 0.613. The molecule has 1 amide bonds. The van der Waals surface area contributed by atoms with Crippen molar-refractivity contribution in [1.29, 1.82) is 0 Å². The van der Waals surface area contributed by atoms with Crippen LogP contribution < -0.4 is 10.1 Å². The summed E-state index contributed by atoms with van der Waals surface area (Å²) in [5, 5.41) is 3.29. The highest BCUT2D eigenvalue weighted by Gasteiger charge is 2.46. The monoisotopic (exact) mass is 399 g/mol. The highest BCUT2D eigenvalue weighted by atomic mass is 35.5. The average Bonchev–Trinajstić information content (AvgIpc) is 3.48. The van der Waals surface area contributed by atoms with Gasteiger partial charge >= 0.3 is 5.97 Å². The molecule has 28 heavy (non-hydrogen) atoms. The molecule has 0 spiro atoms. The van der Waals surface area contributed by atoms with Crippen molar-refractivity contribution in [3.63, 3.8) is 0 Å². The lowest BCUT2D eigenvalue weighted by atomic mass is 10.1. The summed E-state index contributed by atoms with van der Waals surface area (Å²) >= 11 is 6.00. The fraction of sp³-hybridized carbons (Fsp3) is 0.286. The van der Waals surface area contributed by atoms with Crippen molar-refractivity contribution in [3.8, 4) is 5.75 Å². The maximum atomic E-state index is 12.6. The number of rotatable bonds is 5. The van der Waals surface area contributed by atoms with E-state index in [-0.39, 0.29) is 36.1 Å². The number of amides is 1. The Balaban J connectivity index is 1.39. The van der Waals surface area contributed by atoms with Gasteiger partial charge in [0.05, 0.1) is 11.6 Å². The van der Waals surface area contributed by atoms with E-state index < -0.39 is 6.10 Å². The van der Waals surface area contributed by atoms with Crippen LogP contribution in [0.5, 0.6) is 5.75 Å². The van der Waals surface area contributed by atoms with Crippen LogP contribution in [0.15, 0.2) is 42.5 Å². The minimum absolute atomic E-state index is 0.0521. The lowest BCUT2D eigenvalue weighted by Gasteiger charge is -2.19. The van der Waals surface area contributed by atoms with Gasteiger partial charge in [-0.25, -0.2) is 0 Å². The standard InChI is InChI=1S/C21H18ClNO5/c1-11(20(25)13-5-6-18-17(8-13)23-19(24)10-27-18)28-21(26)16-9-15(16)12-3-2-4-14(22)7-12/h2-8,11,15-16H,9-10H2,1H3,(H,23,24)/t11-,15+,16+/m0/s1. The largest absolute Gasteiger partial charge is 0.482 e. The SMILES string of the molecule is C[C@H](OC(=O)[C@@H]1C[C@@H]1c1cccc(Cl)c1)C(=O)c1ccc2c(c1)NC(=O)CO2. The minimum Gasteiger partial charge on any atom is -0.482 e. The number of carbonyl (C=O) groups excluding carboxylic acids is 3. The van der Waals surface area contributed by atoms with Gasteiger partial charge in [-0.05, 0) is 55.2 Å². The van der Waals surface area contributed by atoms with Crippen molar-refractivity contribution in [2.45, 2.75) is 25.4 Å². The fourth-order valence-electron chi connectivity index (χ4n) is 3.35. The number of nitrogens with one attached hydrogen (secondary N) is 1.